The fourth-order valence-electron chi connectivity index (χ4n) is 3.20. The van der Waals surface area contributed by atoms with Crippen LogP contribution >= 0.6 is 0 Å². The number of hydrogen-bond acceptors (Lipinski definition) is 6. The van der Waals surface area contributed by atoms with Gasteiger partial charge in [0.05, 0.1) is 5.52 Å². The third kappa shape index (κ3) is 3.60. The lowest BCUT2D eigenvalue weighted by Gasteiger charge is -2.11. The number of anilines is 4. The first kappa shape index (κ1) is 17.2. The van der Waals surface area contributed by atoms with Gasteiger partial charge in [0.15, 0.2) is 5.82 Å². The number of aromatic nitrogens is 4. The molecule has 1 amide bonds. The number of fused-ring (bicyclic) bond motifs is 1. The van der Waals surface area contributed by atoms with E-state index in [0.29, 0.717) is 23.2 Å². The van der Waals surface area contributed by atoms with Gasteiger partial charge < -0.3 is 16.4 Å². The molecule has 4 aromatic rings. The van der Waals surface area contributed by atoms with Crippen LogP contribution in [0.1, 0.15) is 34.8 Å². The molecule has 0 radical (unpaired) electrons. The smallest absolute Gasteiger partial charge is 0.248 e. The first-order valence-corrected chi connectivity index (χ1v) is 9.42. The van der Waals surface area contributed by atoms with Crippen molar-refractivity contribution in [2.75, 3.05) is 10.6 Å². The molecule has 0 bridgehead atoms. The predicted molar refractivity (Wildman–Crippen MR) is 112 cm³/mol. The molecule has 0 spiro atoms. The minimum atomic E-state index is -0.463. The molecule has 0 atom stereocenters. The van der Waals surface area contributed by atoms with Crippen molar-refractivity contribution < 1.29 is 4.79 Å². The molecule has 8 nitrogen and oxygen atoms in total. The number of primary amides is 1. The second-order valence-electron chi connectivity index (χ2n) is 7.09. The van der Waals surface area contributed by atoms with Crippen molar-refractivity contribution in [3.05, 3.63) is 65.9 Å². The van der Waals surface area contributed by atoms with Gasteiger partial charge in [0, 0.05) is 34.3 Å². The number of carbonyl (C=O) groups excluding carboxylic acids is 1. The van der Waals surface area contributed by atoms with E-state index in [2.05, 4.69) is 30.8 Å². The minimum Gasteiger partial charge on any atom is -0.366 e. The molecule has 5 N–H and O–H groups in total. The maximum absolute atomic E-state index is 11.2. The Labute approximate surface area is 166 Å². The number of carbonyl (C=O) groups is 1. The number of amides is 1. The van der Waals surface area contributed by atoms with Gasteiger partial charge in [-0.2, -0.15) is 10.1 Å². The highest BCUT2D eigenvalue weighted by Crippen LogP contribution is 2.39. The van der Waals surface area contributed by atoms with Crippen LogP contribution in [-0.4, -0.2) is 26.1 Å². The predicted octanol–water partition coefficient (Wildman–Crippen LogP) is 3.82. The molecule has 1 aliphatic carbocycles. The first-order chi connectivity index (χ1) is 14.2. The van der Waals surface area contributed by atoms with Crippen LogP contribution in [0.25, 0.3) is 10.9 Å². The van der Waals surface area contributed by atoms with Crippen LogP contribution < -0.4 is 16.4 Å². The van der Waals surface area contributed by atoms with E-state index in [1.54, 1.807) is 24.3 Å². The van der Waals surface area contributed by atoms with E-state index in [1.807, 2.05) is 30.3 Å². The number of aromatic amines is 1. The van der Waals surface area contributed by atoms with Crippen LogP contribution in [0.2, 0.25) is 0 Å². The van der Waals surface area contributed by atoms with Crippen molar-refractivity contribution in [1.82, 2.24) is 20.2 Å². The topological polar surface area (TPSA) is 122 Å². The molecule has 1 fully saturated rings. The zero-order chi connectivity index (χ0) is 19.8. The first-order valence-electron chi connectivity index (χ1n) is 9.42. The summed E-state index contributed by atoms with van der Waals surface area (Å²) in [5.74, 6) is 1.97. The van der Waals surface area contributed by atoms with Gasteiger partial charge in [-0.25, -0.2) is 4.98 Å². The molecule has 2 aromatic heterocycles. The van der Waals surface area contributed by atoms with Crippen LogP contribution in [0.4, 0.5) is 23.3 Å². The van der Waals surface area contributed by atoms with E-state index < -0.39 is 5.91 Å². The van der Waals surface area contributed by atoms with E-state index in [9.17, 15) is 4.79 Å². The summed E-state index contributed by atoms with van der Waals surface area (Å²) in [7, 11) is 0. The van der Waals surface area contributed by atoms with Gasteiger partial charge in [-0.05, 0) is 49.2 Å². The molecular formula is C21H19N7O. The van der Waals surface area contributed by atoms with Crippen LogP contribution in [0.15, 0.2) is 54.6 Å². The molecule has 144 valence electrons. The molecule has 2 aromatic carbocycles. The van der Waals surface area contributed by atoms with E-state index in [-0.39, 0.29) is 0 Å². The second kappa shape index (κ2) is 6.90. The Bertz CT molecular complexity index is 1200. The monoisotopic (exact) mass is 385 g/mol. The number of H-pyrrole nitrogens is 1. The molecule has 1 saturated carbocycles. The number of nitrogens with two attached hydrogens (primary N) is 1. The summed E-state index contributed by atoms with van der Waals surface area (Å²) in [5.41, 5.74) is 8.45. The number of para-hydroxylation sites is 1. The summed E-state index contributed by atoms with van der Waals surface area (Å²) in [5, 5.41) is 14.8. The number of hydrogen-bond donors (Lipinski definition) is 4. The summed E-state index contributed by atoms with van der Waals surface area (Å²) in [4.78, 5) is 20.5. The van der Waals surface area contributed by atoms with E-state index >= 15 is 0 Å². The van der Waals surface area contributed by atoms with Crippen molar-refractivity contribution in [1.29, 1.82) is 0 Å². The van der Waals surface area contributed by atoms with Gasteiger partial charge in [-0.15, -0.1) is 0 Å². The fraction of sp³-hybridized carbons (Fsp3) is 0.143. The zero-order valence-electron chi connectivity index (χ0n) is 15.5. The number of nitrogens with zero attached hydrogens (tertiary/aromatic N) is 3. The van der Waals surface area contributed by atoms with Crippen molar-refractivity contribution in [3.63, 3.8) is 0 Å². The molecule has 1 aliphatic rings. The number of nitrogens with one attached hydrogen (secondary N) is 3. The second-order valence-corrected chi connectivity index (χ2v) is 7.09. The van der Waals surface area contributed by atoms with Crippen LogP contribution in [0.3, 0.4) is 0 Å². The van der Waals surface area contributed by atoms with E-state index in [0.717, 1.165) is 28.1 Å². The molecular weight excluding hydrogens is 366 g/mol. The van der Waals surface area contributed by atoms with Crippen LogP contribution in [0.5, 0.6) is 0 Å². The molecule has 2 heterocycles. The third-order valence-electron chi connectivity index (χ3n) is 4.89. The Kier molecular flexibility index (Phi) is 4.09. The maximum Gasteiger partial charge on any atom is 0.248 e. The summed E-state index contributed by atoms with van der Waals surface area (Å²) >= 11 is 0. The highest BCUT2D eigenvalue weighted by Gasteiger charge is 2.25. The standard InChI is InChI=1S/C21H19N7O/c22-19(29)13-7-9-14(10-8-13)23-21-24-16-4-2-1-3-15(16)20(26-21)25-18-11-17(27-28-18)12-5-6-12/h1-4,7-12H,5-6H2,(H2,22,29)(H3,23,24,25,26,27,28). The Morgan fingerprint density at radius 2 is 1.83 bits per heavy atom. The molecule has 0 aliphatic heterocycles. The zero-order valence-corrected chi connectivity index (χ0v) is 15.5. The summed E-state index contributed by atoms with van der Waals surface area (Å²) in [6, 6.07) is 16.7. The van der Waals surface area contributed by atoms with Crippen LogP contribution in [-0.2, 0) is 0 Å². The minimum absolute atomic E-state index is 0.441. The van der Waals surface area contributed by atoms with Gasteiger partial charge in [-0.3, -0.25) is 9.89 Å². The van der Waals surface area contributed by atoms with Crippen molar-refractivity contribution in [2.24, 2.45) is 5.73 Å². The third-order valence-corrected chi connectivity index (χ3v) is 4.89. The van der Waals surface area contributed by atoms with Gasteiger partial charge in [0.25, 0.3) is 0 Å². The van der Waals surface area contributed by atoms with Crippen molar-refractivity contribution in [2.45, 2.75) is 18.8 Å². The lowest BCUT2D eigenvalue weighted by Crippen LogP contribution is -2.10. The van der Waals surface area contributed by atoms with Gasteiger partial charge in [-0.1, -0.05) is 12.1 Å². The van der Waals surface area contributed by atoms with Crippen molar-refractivity contribution in [3.8, 4) is 0 Å². The van der Waals surface area contributed by atoms with Gasteiger partial charge in [0.2, 0.25) is 11.9 Å². The maximum atomic E-state index is 11.2. The summed E-state index contributed by atoms with van der Waals surface area (Å²) < 4.78 is 0. The van der Waals surface area contributed by atoms with E-state index in [1.165, 1.54) is 12.8 Å². The lowest BCUT2D eigenvalue weighted by atomic mass is 10.2. The molecule has 8 heteroatoms. The summed E-state index contributed by atoms with van der Waals surface area (Å²) in [6.07, 6.45) is 2.42. The van der Waals surface area contributed by atoms with E-state index in [4.69, 9.17) is 5.73 Å². The quantitative estimate of drug-likeness (QED) is 0.400. The highest BCUT2D eigenvalue weighted by atomic mass is 16.1. The largest absolute Gasteiger partial charge is 0.366 e. The fourth-order valence-corrected chi connectivity index (χ4v) is 3.20. The highest BCUT2D eigenvalue weighted by molar-refractivity contribution is 5.93. The lowest BCUT2D eigenvalue weighted by molar-refractivity contribution is 0.100. The Morgan fingerprint density at radius 3 is 2.59 bits per heavy atom. The van der Waals surface area contributed by atoms with Crippen molar-refractivity contribution >= 4 is 40.1 Å². The summed E-state index contributed by atoms with van der Waals surface area (Å²) in [6.45, 7) is 0. The number of rotatable bonds is 6. The normalized spacial score (nSPS) is 13.4. The molecule has 0 saturated heterocycles. The Hall–Kier alpha value is -3.94. The average molecular weight is 385 g/mol. The van der Waals surface area contributed by atoms with Gasteiger partial charge >= 0.3 is 0 Å². The average Bonchev–Trinajstić information content (AvgIpc) is 3.48. The van der Waals surface area contributed by atoms with Crippen LogP contribution in [0, 0.1) is 0 Å². The SMILES string of the molecule is NC(=O)c1ccc(Nc2nc(Nc3cc(C4CC4)[nH]n3)c3ccccc3n2)cc1. The number of benzene rings is 2. The molecule has 29 heavy (non-hydrogen) atoms. The molecule has 5 rings (SSSR count). The Balaban J connectivity index is 1.46. The Morgan fingerprint density at radius 1 is 1.03 bits per heavy atom. The molecule has 0 unspecified atom stereocenters. The van der Waals surface area contributed by atoms with Gasteiger partial charge in [0.1, 0.15) is 5.82 Å².